The second-order valence-corrected chi connectivity index (χ2v) is 6.26. The molecular formula is C19H17FN4O2S. The summed E-state index contributed by atoms with van der Waals surface area (Å²) < 4.78 is 16.2. The fourth-order valence-corrected chi connectivity index (χ4v) is 2.83. The van der Waals surface area contributed by atoms with Crippen molar-refractivity contribution in [2.75, 3.05) is 5.32 Å². The second kappa shape index (κ2) is 7.55. The molecule has 3 aromatic rings. The lowest BCUT2D eigenvalue weighted by Gasteiger charge is -2.08. The van der Waals surface area contributed by atoms with Crippen molar-refractivity contribution in [3.8, 4) is 5.69 Å². The van der Waals surface area contributed by atoms with E-state index < -0.39 is 11.7 Å². The van der Waals surface area contributed by atoms with Crippen LogP contribution >= 0.6 is 12.2 Å². The molecule has 0 saturated heterocycles. The molecule has 0 fully saturated rings. The van der Waals surface area contributed by atoms with Gasteiger partial charge in [0.1, 0.15) is 11.5 Å². The Hall–Kier alpha value is -3.26. The van der Waals surface area contributed by atoms with E-state index in [1.165, 1.54) is 28.9 Å². The minimum Gasteiger partial charge on any atom is -0.326 e. The summed E-state index contributed by atoms with van der Waals surface area (Å²) in [6, 6.07) is 14.3. The van der Waals surface area contributed by atoms with Crippen molar-refractivity contribution in [1.29, 1.82) is 0 Å². The first-order valence-corrected chi connectivity index (χ1v) is 8.51. The van der Waals surface area contributed by atoms with Gasteiger partial charge in [-0.1, -0.05) is 18.2 Å². The summed E-state index contributed by atoms with van der Waals surface area (Å²) >= 11 is 5.15. The largest absolute Gasteiger partial charge is 0.326 e. The van der Waals surface area contributed by atoms with E-state index >= 15 is 0 Å². The van der Waals surface area contributed by atoms with E-state index in [-0.39, 0.29) is 21.9 Å². The zero-order chi connectivity index (χ0) is 19.6. The highest BCUT2D eigenvalue weighted by molar-refractivity contribution is 7.80. The number of nitrogens with zero attached hydrogens (tertiary/aromatic N) is 2. The highest BCUT2D eigenvalue weighted by Gasteiger charge is 2.18. The topological polar surface area (TPSA) is 68.1 Å². The maximum Gasteiger partial charge on any atom is 0.295 e. The molecule has 0 spiro atoms. The summed E-state index contributed by atoms with van der Waals surface area (Å²) in [6.45, 7) is 1.77. The Morgan fingerprint density at radius 3 is 2.33 bits per heavy atom. The molecule has 138 valence electrons. The highest BCUT2D eigenvalue weighted by atomic mass is 32.1. The molecule has 2 aromatic carbocycles. The first-order valence-electron chi connectivity index (χ1n) is 8.10. The first-order chi connectivity index (χ1) is 12.9. The van der Waals surface area contributed by atoms with Crippen molar-refractivity contribution in [3.63, 3.8) is 0 Å². The summed E-state index contributed by atoms with van der Waals surface area (Å²) in [5.41, 5.74) is 1.60. The van der Waals surface area contributed by atoms with Crippen LogP contribution in [0.2, 0.25) is 0 Å². The number of halogens is 1. The van der Waals surface area contributed by atoms with Gasteiger partial charge in [-0.05, 0) is 55.5 Å². The molecule has 1 heterocycles. The van der Waals surface area contributed by atoms with Crippen molar-refractivity contribution in [2.24, 2.45) is 7.05 Å². The summed E-state index contributed by atoms with van der Waals surface area (Å²) in [7, 11) is 1.76. The molecule has 0 saturated carbocycles. The normalized spacial score (nSPS) is 10.5. The Labute approximate surface area is 160 Å². The van der Waals surface area contributed by atoms with Gasteiger partial charge in [0, 0.05) is 12.6 Å². The van der Waals surface area contributed by atoms with E-state index in [9.17, 15) is 14.0 Å². The van der Waals surface area contributed by atoms with E-state index in [0.717, 1.165) is 0 Å². The molecule has 2 N–H and O–H groups in total. The number of carbonyl (C=O) groups is 1. The zero-order valence-corrected chi connectivity index (χ0v) is 15.5. The van der Waals surface area contributed by atoms with Gasteiger partial charge in [-0.3, -0.25) is 19.6 Å². The number of carbonyl (C=O) groups excluding carboxylic acids is 1. The van der Waals surface area contributed by atoms with Crippen LogP contribution in [0.15, 0.2) is 59.4 Å². The lowest BCUT2D eigenvalue weighted by atomic mass is 10.2. The number of rotatable bonds is 3. The van der Waals surface area contributed by atoms with E-state index in [1.54, 1.807) is 18.7 Å². The van der Waals surface area contributed by atoms with Gasteiger partial charge in [-0.2, -0.15) is 0 Å². The van der Waals surface area contributed by atoms with Gasteiger partial charge in [0.15, 0.2) is 5.11 Å². The Bertz CT molecular complexity index is 1060. The molecule has 8 heteroatoms. The SMILES string of the molecule is Cc1c(NC(=S)NC(=O)c2ccc(F)cc2)c(=O)n(-c2ccccc2)n1C. The number of thiocarbonyl (C=S) groups is 1. The van der Waals surface area contributed by atoms with Crippen LogP contribution in [0.1, 0.15) is 16.1 Å². The fourth-order valence-electron chi connectivity index (χ4n) is 2.63. The van der Waals surface area contributed by atoms with Gasteiger partial charge in [0.2, 0.25) is 0 Å². The lowest BCUT2D eigenvalue weighted by Crippen LogP contribution is -2.35. The summed E-state index contributed by atoms with van der Waals surface area (Å²) in [5.74, 6) is -0.932. The van der Waals surface area contributed by atoms with Crippen LogP contribution in [-0.4, -0.2) is 20.4 Å². The molecule has 0 aliphatic heterocycles. The molecular weight excluding hydrogens is 367 g/mol. The van der Waals surface area contributed by atoms with Gasteiger partial charge in [0.25, 0.3) is 11.5 Å². The minimum atomic E-state index is -0.496. The molecule has 3 rings (SSSR count). The van der Waals surface area contributed by atoms with Crippen LogP contribution in [-0.2, 0) is 7.05 Å². The first kappa shape index (κ1) is 18.5. The number of anilines is 1. The molecule has 0 atom stereocenters. The van der Waals surface area contributed by atoms with Gasteiger partial charge < -0.3 is 5.32 Å². The predicted molar refractivity (Wildman–Crippen MR) is 106 cm³/mol. The molecule has 27 heavy (non-hydrogen) atoms. The van der Waals surface area contributed by atoms with Crippen molar-refractivity contribution >= 4 is 28.9 Å². The van der Waals surface area contributed by atoms with Crippen LogP contribution in [0.4, 0.5) is 10.1 Å². The van der Waals surface area contributed by atoms with Crippen molar-refractivity contribution < 1.29 is 9.18 Å². The monoisotopic (exact) mass is 384 g/mol. The van der Waals surface area contributed by atoms with Gasteiger partial charge in [-0.15, -0.1) is 0 Å². The number of benzene rings is 2. The number of aromatic nitrogens is 2. The predicted octanol–water partition coefficient (Wildman–Crippen LogP) is 2.75. The third kappa shape index (κ3) is 3.80. The van der Waals surface area contributed by atoms with Crippen molar-refractivity contribution in [1.82, 2.24) is 14.7 Å². The quantitative estimate of drug-likeness (QED) is 0.682. The number of hydrogen-bond donors (Lipinski definition) is 2. The Kier molecular flexibility index (Phi) is 5.18. The average Bonchev–Trinajstić information content (AvgIpc) is 2.86. The lowest BCUT2D eigenvalue weighted by molar-refractivity contribution is 0.0977. The molecule has 0 unspecified atom stereocenters. The van der Waals surface area contributed by atoms with Crippen LogP contribution in [0.25, 0.3) is 5.69 Å². The molecule has 0 radical (unpaired) electrons. The maximum absolute atomic E-state index is 13.0. The third-order valence-corrected chi connectivity index (χ3v) is 4.33. The number of para-hydroxylation sites is 1. The summed E-state index contributed by atoms with van der Waals surface area (Å²) in [6.07, 6.45) is 0. The van der Waals surface area contributed by atoms with Crippen LogP contribution in [0, 0.1) is 12.7 Å². The Balaban J connectivity index is 1.81. The third-order valence-electron chi connectivity index (χ3n) is 4.13. The number of hydrogen-bond acceptors (Lipinski definition) is 3. The Morgan fingerprint density at radius 1 is 1.07 bits per heavy atom. The molecule has 1 aromatic heterocycles. The van der Waals surface area contributed by atoms with Gasteiger partial charge in [0.05, 0.1) is 11.4 Å². The van der Waals surface area contributed by atoms with E-state index in [0.29, 0.717) is 11.4 Å². The molecule has 0 bridgehead atoms. The standard InChI is InChI=1S/C19H17FN4O2S/c1-12-16(18(26)24(23(12)2)15-6-4-3-5-7-15)21-19(27)22-17(25)13-8-10-14(20)11-9-13/h3-11H,1-2H3,(H2,21,22,25,27). The number of nitrogens with one attached hydrogen (secondary N) is 2. The Morgan fingerprint density at radius 2 is 1.70 bits per heavy atom. The van der Waals surface area contributed by atoms with Crippen LogP contribution < -0.4 is 16.2 Å². The van der Waals surface area contributed by atoms with Gasteiger partial charge >= 0.3 is 0 Å². The maximum atomic E-state index is 13.0. The summed E-state index contributed by atoms with van der Waals surface area (Å²) in [4.78, 5) is 25.0. The van der Waals surface area contributed by atoms with E-state index in [1.807, 2.05) is 30.3 Å². The highest BCUT2D eigenvalue weighted by Crippen LogP contribution is 2.14. The summed E-state index contributed by atoms with van der Waals surface area (Å²) in [5, 5.41) is 5.26. The van der Waals surface area contributed by atoms with E-state index in [2.05, 4.69) is 10.6 Å². The fraction of sp³-hybridized carbons (Fsp3) is 0.105. The smallest absolute Gasteiger partial charge is 0.295 e. The van der Waals surface area contributed by atoms with Crippen molar-refractivity contribution in [2.45, 2.75) is 6.92 Å². The zero-order valence-electron chi connectivity index (χ0n) is 14.7. The molecule has 1 amide bonds. The van der Waals surface area contributed by atoms with Crippen molar-refractivity contribution in [3.05, 3.63) is 82.0 Å². The number of amides is 1. The van der Waals surface area contributed by atoms with Crippen LogP contribution in [0.3, 0.4) is 0 Å². The van der Waals surface area contributed by atoms with E-state index in [4.69, 9.17) is 12.2 Å². The molecule has 6 nitrogen and oxygen atoms in total. The van der Waals surface area contributed by atoms with Gasteiger partial charge in [-0.25, -0.2) is 9.07 Å². The van der Waals surface area contributed by atoms with Crippen LogP contribution in [0.5, 0.6) is 0 Å². The minimum absolute atomic E-state index is 0.0182. The second-order valence-electron chi connectivity index (χ2n) is 5.85. The molecule has 0 aliphatic carbocycles. The molecule has 0 aliphatic rings. The average molecular weight is 384 g/mol.